The molecule has 7 nitrogen and oxygen atoms in total. The molecule has 0 heterocycles. The zero-order chi connectivity index (χ0) is 41.9. The maximum Gasteiger partial charge on any atom is 0.408 e. The van der Waals surface area contributed by atoms with E-state index in [-0.39, 0.29) is 11.5 Å². The van der Waals surface area contributed by atoms with Gasteiger partial charge in [0.25, 0.3) is 0 Å². The van der Waals surface area contributed by atoms with Gasteiger partial charge in [0.15, 0.2) is 0 Å². The van der Waals surface area contributed by atoms with Crippen molar-refractivity contribution in [2.75, 3.05) is 18.6 Å². The molecule has 6 rings (SSSR count). The number of aliphatic carboxylic acids is 1. The van der Waals surface area contributed by atoms with Crippen LogP contribution >= 0.6 is 23.5 Å². The summed E-state index contributed by atoms with van der Waals surface area (Å²) in [4.78, 5) is 43.1. The molecule has 2 amide bonds. The highest BCUT2D eigenvalue weighted by Gasteiger charge is 2.42. The molecule has 0 aliphatic heterocycles. The van der Waals surface area contributed by atoms with E-state index in [1.807, 2.05) is 146 Å². The lowest BCUT2D eigenvalue weighted by molar-refractivity contribution is -0.148. The SMILES string of the molecule is CN(C(=O)[C@H](CSC(c1ccccc1)(c1ccccc1)c1ccccc1)NC(=O)OC(C)(C)C)[C@@H](CSC(c1ccccc1)(c1ccccc1)c1ccccc1)C(=O)O. The smallest absolute Gasteiger partial charge is 0.408 e. The van der Waals surface area contributed by atoms with E-state index in [9.17, 15) is 19.5 Å². The molecule has 9 heteroatoms. The maximum absolute atomic E-state index is 14.9. The fourth-order valence-corrected chi connectivity index (χ4v) is 10.6. The van der Waals surface area contributed by atoms with Crippen LogP contribution in [0.25, 0.3) is 0 Å². The van der Waals surface area contributed by atoms with Crippen LogP contribution in [0.1, 0.15) is 54.2 Å². The Kier molecular flexibility index (Phi) is 14.0. The number of thioether (sulfide) groups is 2. The van der Waals surface area contributed by atoms with Gasteiger partial charge in [-0.1, -0.05) is 182 Å². The highest BCUT2D eigenvalue weighted by atomic mass is 32.2. The molecule has 2 atom stereocenters. The van der Waals surface area contributed by atoms with Crippen molar-refractivity contribution in [2.24, 2.45) is 0 Å². The third-order valence-electron chi connectivity index (χ3n) is 10.1. The van der Waals surface area contributed by atoms with E-state index < -0.39 is 45.1 Å². The fourth-order valence-electron chi connectivity index (χ4n) is 7.32. The molecule has 0 spiro atoms. The molecular weight excluding hydrogens is 773 g/mol. The van der Waals surface area contributed by atoms with Crippen LogP contribution in [0.2, 0.25) is 0 Å². The molecule has 0 unspecified atom stereocenters. The van der Waals surface area contributed by atoms with E-state index in [4.69, 9.17) is 4.74 Å². The Morgan fingerprint density at radius 3 is 1.10 bits per heavy atom. The molecule has 6 aromatic carbocycles. The molecule has 302 valence electrons. The Hall–Kier alpha value is -5.77. The van der Waals surface area contributed by atoms with Crippen molar-refractivity contribution in [1.82, 2.24) is 10.2 Å². The average Bonchev–Trinajstić information content (AvgIpc) is 3.26. The fraction of sp³-hybridized carbons (Fsp3) is 0.220. The molecule has 2 N–H and O–H groups in total. The van der Waals surface area contributed by atoms with Crippen molar-refractivity contribution in [1.29, 1.82) is 0 Å². The molecule has 0 saturated carbocycles. The normalized spacial score (nSPS) is 12.8. The first-order chi connectivity index (χ1) is 28.5. The van der Waals surface area contributed by atoms with E-state index in [2.05, 4.69) is 41.7 Å². The summed E-state index contributed by atoms with van der Waals surface area (Å²) in [7, 11) is 1.50. The Balaban J connectivity index is 1.39. The number of hydrogen-bond acceptors (Lipinski definition) is 6. The van der Waals surface area contributed by atoms with E-state index in [0.29, 0.717) is 0 Å². The molecule has 0 radical (unpaired) electrons. The molecular formula is C50H50N2O5S2. The number of rotatable bonds is 16. The highest BCUT2D eigenvalue weighted by Crippen LogP contribution is 2.50. The van der Waals surface area contributed by atoms with Crippen molar-refractivity contribution < 1.29 is 24.2 Å². The van der Waals surface area contributed by atoms with Crippen LogP contribution < -0.4 is 5.32 Å². The number of carbonyl (C=O) groups is 3. The van der Waals surface area contributed by atoms with Crippen molar-refractivity contribution in [3.05, 3.63) is 215 Å². The quantitative estimate of drug-likeness (QED) is 0.0939. The van der Waals surface area contributed by atoms with Gasteiger partial charge in [0.1, 0.15) is 17.7 Å². The predicted molar refractivity (Wildman–Crippen MR) is 241 cm³/mol. The zero-order valence-corrected chi connectivity index (χ0v) is 35.4. The molecule has 6 aromatic rings. The number of carbonyl (C=O) groups excluding carboxylic acids is 2. The second-order valence-electron chi connectivity index (χ2n) is 15.2. The number of likely N-dealkylation sites (N-methyl/N-ethyl adjacent to an activating group) is 1. The molecule has 0 aliphatic rings. The first-order valence-electron chi connectivity index (χ1n) is 19.6. The molecule has 59 heavy (non-hydrogen) atoms. The topological polar surface area (TPSA) is 95.9 Å². The van der Waals surface area contributed by atoms with Gasteiger partial charge in [-0.3, -0.25) is 4.79 Å². The summed E-state index contributed by atoms with van der Waals surface area (Å²) >= 11 is 2.96. The minimum absolute atomic E-state index is 0.0323. The van der Waals surface area contributed by atoms with Gasteiger partial charge in [-0.15, -0.1) is 23.5 Å². The number of alkyl carbamates (subject to hydrolysis) is 1. The van der Waals surface area contributed by atoms with E-state index in [1.165, 1.54) is 35.5 Å². The van der Waals surface area contributed by atoms with Crippen molar-refractivity contribution in [3.63, 3.8) is 0 Å². The summed E-state index contributed by atoms with van der Waals surface area (Å²) in [6.07, 6.45) is -0.771. The minimum atomic E-state index is -1.27. The summed E-state index contributed by atoms with van der Waals surface area (Å²) in [6.45, 7) is 5.27. The third-order valence-corrected chi connectivity index (χ3v) is 13.4. The van der Waals surface area contributed by atoms with E-state index >= 15 is 0 Å². The van der Waals surface area contributed by atoms with Gasteiger partial charge < -0.3 is 20.1 Å². The minimum Gasteiger partial charge on any atom is -0.480 e. The van der Waals surface area contributed by atoms with Gasteiger partial charge in [-0.2, -0.15) is 0 Å². The highest BCUT2D eigenvalue weighted by molar-refractivity contribution is 8.01. The van der Waals surface area contributed by atoms with Gasteiger partial charge in [0, 0.05) is 18.6 Å². The Morgan fingerprint density at radius 2 is 0.831 bits per heavy atom. The van der Waals surface area contributed by atoms with Gasteiger partial charge in [-0.05, 0) is 54.2 Å². The summed E-state index contributed by atoms with van der Waals surface area (Å²) in [6, 6.07) is 57.8. The predicted octanol–water partition coefficient (Wildman–Crippen LogP) is 10.2. The monoisotopic (exact) mass is 822 g/mol. The van der Waals surface area contributed by atoms with E-state index in [0.717, 1.165) is 33.4 Å². The van der Waals surface area contributed by atoms with Crippen LogP contribution in [-0.2, 0) is 23.8 Å². The van der Waals surface area contributed by atoms with Gasteiger partial charge >= 0.3 is 12.1 Å². The summed E-state index contributed by atoms with van der Waals surface area (Å²) in [5.41, 5.74) is 5.03. The van der Waals surface area contributed by atoms with Crippen molar-refractivity contribution >= 4 is 41.5 Å². The average molecular weight is 823 g/mol. The molecule has 0 aromatic heterocycles. The summed E-state index contributed by atoms with van der Waals surface area (Å²) in [5, 5.41) is 13.8. The third kappa shape index (κ3) is 9.92. The number of hydrogen-bond donors (Lipinski definition) is 2. The first kappa shape index (κ1) is 42.8. The van der Waals surface area contributed by atoms with Crippen molar-refractivity contribution in [3.8, 4) is 0 Å². The standard InChI is InChI=1S/C50H50N2O5S2/c1-48(2,3)57-47(56)51-43(35-58-49(37-23-11-5-12-24-37,38-25-13-6-14-26-38)39-27-15-7-16-28-39)45(53)52(4)44(46(54)55)36-59-50(40-29-17-8-18-30-40,41-31-19-9-20-32-41)42-33-21-10-22-34-42/h5-34,43-44H,35-36H2,1-4H3,(H,51,56)(H,54,55)/t43-,44-/m0/s1. The number of carboxylic acids is 1. The van der Waals surface area contributed by atoms with Gasteiger partial charge in [0.2, 0.25) is 5.91 Å². The number of amides is 2. The maximum atomic E-state index is 14.9. The lowest BCUT2D eigenvalue weighted by Gasteiger charge is -2.38. The molecule has 0 aliphatic carbocycles. The number of nitrogens with zero attached hydrogens (tertiary/aromatic N) is 1. The van der Waals surface area contributed by atoms with Gasteiger partial charge in [0.05, 0.1) is 9.49 Å². The van der Waals surface area contributed by atoms with Crippen LogP contribution in [0.3, 0.4) is 0 Å². The number of nitrogens with one attached hydrogen (secondary N) is 1. The Morgan fingerprint density at radius 1 is 0.542 bits per heavy atom. The Bertz CT molecular complexity index is 2060. The summed E-state index contributed by atoms with van der Waals surface area (Å²) < 4.78 is 4.06. The number of carboxylic acid groups (broad SMARTS) is 1. The summed E-state index contributed by atoms with van der Waals surface area (Å²) in [5.74, 6) is -1.59. The largest absolute Gasteiger partial charge is 0.480 e. The molecule has 0 bridgehead atoms. The lowest BCUT2D eigenvalue weighted by Crippen LogP contribution is -2.55. The first-order valence-corrected chi connectivity index (χ1v) is 21.5. The zero-order valence-electron chi connectivity index (χ0n) is 33.7. The number of ether oxygens (including phenoxy) is 1. The van der Waals surface area contributed by atoms with Crippen LogP contribution in [0.15, 0.2) is 182 Å². The van der Waals surface area contributed by atoms with Crippen LogP contribution in [0, 0.1) is 0 Å². The van der Waals surface area contributed by atoms with Crippen LogP contribution in [0.5, 0.6) is 0 Å². The van der Waals surface area contributed by atoms with Crippen LogP contribution in [0.4, 0.5) is 4.79 Å². The van der Waals surface area contributed by atoms with Crippen LogP contribution in [-0.4, -0.2) is 64.2 Å². The Labute approximate surface area is 356 Å². The van der Waals surface area contributed by atoms with Gasteiger partial charge in [-0.25, -0.2) is 9.59 Å². The van der Waals surface area contributed by atoms with Crippen molar-refractivity contribution in [2.45, 2.75) is 47.9 Å². The second kappa shape index (κ2) is 19.3. The van der Waals surface area contributed by atoms with E-state index in [1.54, 1.807) is 20.8 Å². The number of benzene rings is 6. The lowest BCUT2D eigenvalue weighted by atomic mass is 9.84. The molecule has 0 saturated heterocycles. The molecule has 0 fully saturated rings. The second-order valence-corrected chi connectivity index (χ2v) is 17.7.